The standard InChI is InChI=1S/C14H19Cl2N3/c1-18(2)8-3-4-9-19-12-7-5-6-11(16)14(12)17-13(19)10-15/h5-7H,3-4,8-10H2,1-2H3. The van der Waals surface area contributed by atoms with Gasteiger partial charge < -0.3 is 9.47 Å². The Balaban J connectivity index is 2.18. The van der Waals surface area contributed by atoms with Crippen LogP contribution in [0, 0.1) is 0 Å². The first-order valence-electron chi connectivity index (χ1n) is 6.48. The quantitative estimate of drug-likeness (QED) is 0.598. The zero-order valence-corrected chi connectivity index (χ0v) is 12.9. The van der Waals surface area contributed by atoms with Gasteiger partial charge in [-0.3, -0.25) is 0 Å². The van der Waals surface area contributed by atoms with Gasteiger partial charge in [0.2, 0.25) is 0 Å². The largest absolute Gasteiger partial charge is 0.327 e. The number of aryl methyl sites for hydroxylation is 1. The molecular formula is C14H19Cl2N3. The average molecular weight is 300 g/mol. The molecule has 0 atom stereocenters. The van der Waals surface area contributed by atoms with Crippen LogP contribution in [0.3, 0.4) is 0 Å². The number of aromatic nitrogens is 2. The molecule has 5 heteroatoms. The van der Waals surface area contributed by atoms with Crippen LogP contribution in [0.4, 0.5) is 0 Å². The summed E-state index contributed by atoms with van der Waals surface area (Å²) < 4.78 is 2.18. The molecule has 2 rings (SSSR count). The summed E-state index contributed by atoms with van der Waals surface area (Å²) in [5.74, 6) is 1.31. The van der Waals surface area contributed by atoms with Crippen molar-refractivity contribution in [2.45, 2.75) is 25.3 Å². The molecule has 0 saturated carbocycles. The SMILES string of the molecule is CN(C)CCCCn1c(CCl)nc2c(Cl)cccc21. The Morgan fingerprint density at radius 3 is 2.74 bits per heavy atom. The van der Waals surface area contributed by atoms with Crippen molar-refractivity contribution < 1.29 is 0 Å². The molecule has 0 aliphatic carbocycles. The Morgan fingerprint density at radius 1 is 1.26 bits per heavy atom. The number of imidazole rings is 1. The Morgan fingerprint density at radius 2 is 2.05 bits per heavy atom. The minimum Gasteiger partial charge on any atom is -0.327 e. The highest BCUT2D eigenvalue weighted by atomic mass is 35.5. The first-order chi connectivity index (χ1) is 9.13. The van der Waals surface area contributed by atoms with E-state index in [4.69, 9.17) is 23.2 Å². The predicted octanol–water partition coefficient (Wildman–Crippen LogP) is 3.77. The number of hydrogen-bond acceptors (Lipinski definition) is 2. The third-order valence-corrected chi connectivity index (χ3v) is 3.71. The van der Waals surface area contributed by atoms with Crippen molar-refractivity contribution in [1.82, 2.24) is 14.5 Å². The van der Waals surface area contributed by atoms with Crippen molar-refractivity contribution in [2.75, 3.05) is 20.6 Å². The minimum atomic E-state index is 0.415. The first kappa shape index (κ1) is 14.6. The van der Waals surface area contributed by atoms with E-state index >= 15 is 0 Å². The van der Waals surface area contributed by atoms with E-state index < -0.39 is 0 Å². The number of hydrogen-bond donors (Lipinski definition) is 0. The molecule has 0 saturated heterocycles. The maximum atomic E-state index is 6.18. The summed E-state index contributed by atoms with van der Waals surface area (Å²) in [5, 5.41) is 0.691. The second kappa shape index (κ2) is 6.60. The molecule has 0 spiro atoms. The van der Waals surface area contributed by atoms with Crippen LogP contribution in [0.25, 0.3) is 11.0 Å². The average Bonchev–Trinajstić information content (AvgIpc) is 2.74. The molecule has 0 amide bonds. The Bertz CT molecular complexity index is 549. The lowest BCUT2D eigenvalue weighted by Crippen LogP contribution is -2.13. The van der Waals surface area contributed by atoms with Crippen LogP contribution in [0.5, 0.6) is 0 Å². The van der Waals surface area contributed by atoms with Crippen LogP contribution in [0.1, 0.15) is 18.7 Å². The highest BCUT2D eigenvalue weighted by Gasteiger charge is 2.11. The van der Waals surface area contributed by atoms with Crippen LogP contribution >= 0.6 is 23.2 Å². The smallest absolute Gasteiger partial charge is 0.124 e. The van der Waals surface area contributed by atoms with Gasteiger partial charge in [0, 0.05) is 6.54 Å². The minimum absolute atomic E-state index is 0.415. The Hall–Kier alpha value is -0.770. The van der Waals surface area contributed by atoms with E-state index in [9.17, 15) is 0 Å². The fourth-order valence-electron chi connectivity index (χ4n) is 2.21. The molecule has 0 radical (unpaired) electrons. The van der Waals surface area contributed by atoms with Gasteiger partial charge in [-0.25, -0.2) is 4.98 Å². The lowest BCUT2D eigenvalue weighted by molar-refractivity contribution is 0.388. The monoisotopic (exact) mass is 299 g/mol. The van der Waals surface area contributed by atoms with Crippen LogP contribution in [0.15, 0.2) is 18.2 Å². The van der Waals surface area contributed by atoms with E-state index in [0.29, 0.717) is 10.9 Å². The third kappa shape index (κ3) is 3.41. The maximum absolute atomic E-state index is 6.18. The van der Waals surface area contributed by atoms with Crippen LogP contribution in [-0.2, 0) is 12.4 Å². The van der Waals surface area contributed by atoms with E-state index in [-0.39, 0.29) is 0 Å². The highest BCUT2D eigenvalue weighted by molar-refractivity contribution is 6.34. The van der Waals surface area contributed by atoms with Crippen molar-refractivity contribution in [1.29, 1.82) is 0 Å². The fourth-order valence-corrected chi connectivity index (χ4v) is 2.63. The topological polar surface area (TPSA) is 21.1 Å². The van der Waals surface area contributed by atoms with E-state index in [2.05, 4.69) is 34.6 Å². The number of para-hydroxylation sites is 1. The normalized spacial score (nSPS) is 11.6. The van der Waals surface area contributed by atoms with E-state index in [1.165, 1.54) is 0 Å². The summed E-state index contributed by atoms with van der Waals surface area (Å²) in [5.41, 5.74) is 1.93. The molecule has 0 fully saturated rings. The molecule has 19 heavy (non-hydrogen) atoms. The van der Waals surface area contributed by atoms with E-state index in [1.54, 1.807) is 0 Å². The summed E-state index contributed by atoms with van der Waals surface area (Å²) in [4.78, 5) is 6.73. The van der Waals surface area contributed by atoms with E-state index in [1.807, 2.05) is 12.1 Å². The Labute approximate surface area is 124 Å². The van der Waals surface area contributed by atoms with Crippen LogP contribution in [-0.4, -0.2) is 35.1 Å². The molecule has 0 N–H and O–H groups in total. The number of rotatable bonds is 6. The number of fused-ring (bicyclic) bond motifs is 1. The molecule has 1 aromatic heterocycles. The first-order valence-corrected chi connectivity index (χ1v) is 7.39. The van der Waals surface area contributed by atoms with Crippen molar-refractivity contribution in [3.63, 3.8) is 0 Å². The van der Waals surface area contributed by atoms with Crippen LogP contribution in [0.2, 0.25) is 5.02 Å². The summed E-state index contributed by atoms with van der Waals surface area (Å²) in [7, 11) is 4.19. The van der Waals surface area contributed by atoms with Gasteiger partial charge in [0.05, 0.1) is 16.4 Å². The number of halogens is 2. The van der Waals surface area contributed by atoms with E-state index in [0.717, 1.165) is 42.8 Å². The summed E-state index contributed by atoms with van der Waals surface area (Å²) in [6.07, 6.45) is 2.27. The van der Waals surface area contributed by atoms with Crippen molar-refractivity contribution in [2.24, 2.45) is 0 Å². The fraction of sp³-hybridized carbons (Fsp3) is 0.500. The molecule has 0 bridgehead atoms. The second-order valence-corrected chi connectivity index (χ2v) is 5.61. The molecule has 1 aromatic carbocycles. The summed E-state index contributed by atoms with van der Waals surface area (Å²) in [6.45, 7) is 2.04. The molecule has 0 aliphatic rings. The highest BCUT2D eigenvalue weighted by Crippen LogP contribution is 2.25. The second-order valence-electron chi connectivity index (χ2n) is 4.93. The lowest BCUT2D eigenvalue weighted by atomic mass is 10.2. The van der Waals surface area contributed by atoms with Crippen molar-refractivity contribution in [3.05, 3.63) is 29.0 Å². The molecule has 104 valence electrons. The number of nitrogens with zero attached hydrogens (tertiary/aromatic N) is 3. The zero-order valence-electron chi connectivity index (χ0n) is 11.4. The zero-order chi connectivity index (χ0) is 13.8. The molecular weight excluding hydrogens is 281 g/mol. The molecule has 0 aliphatic heterocycles. The number of benzene rings is 1. The predicted molar refractivity (Wildman–Crippen MR) is 82.1 cm³/mol. The summed E-state index contributed by atoms with van der Waals surface area (Å²) >= 11 is 12.2. The molecule has 0 unspecified atom stereocenters. The number of unbranched alkanes of at least 4 members (excludes halogenated alkanes) is 1. The molecule has 1 heterocycles. The van der Waals surface area contributed by atoms with Gasteiger partial charge in [0.1, 0.15) is 11.3 Å². The van der Waals surface area contributed by atoms with Gasteiger partial charge in [0.15, 0.2) is 0 Å². The van der Waals surface area contributed by atoms with Gasteiger partial charge in [-0.15, -0.1) is 11.6 Å². The van der Waals surface area contributed by atoms with Gasteiger partial charge >= 0.3 is 0 Å². The van der Waals surface area contributed by atoms with Gasteiger partial charge in [-0.05, 0) is 45.6 Å². The van der Waals surface area contributed by atoms with Crippen molar-refractivity contribution >= 4 is 34.2 Å². The van der Waals surface area contributed by atoms with Gasteiger partial charge in [-0.2, -0.15) is 0 Å². The molecule has 2 aromatic rings. The van der Waals surface area contributed by atoms with Gasteiger partial charge in [-0.1, -0.05) is 17.7 Å². The third-order valence-electron chi connectivity index (χ3n) is 3.17. The lowest BCUT2D eigenvalue weighted by Gasteiger charge is -2.11. The van der Waals surface area contributed by atoms with Crippen LogP contribution < -0.4 is 0 Å². The maximum Gasteiger partial charge on any atom is 0.124 e. The summed E-state index contributed by atoms with van der Waals surface area (Å²) in [6, 6.07) is 5.88. The van der Waals surface area contributed by atoms with Gasteiger partial charge in [0.25, 0.3) is 0 Å². The van der Waals surface area contributed by atoms with Crippen molar-refractivity contribution in [3.8, 4) is 0 Å². The molecule has 3 nitrogen and oxygen atoms in total. The number of alkyl halides is 1. The Kier molecular flexibility index (Phi) is 5.08.